The molecule has 0 aromatic heterocycles. The van der Waals surface area contributed by atoms with Crippen LogP contribution in [0.2, 0.25) is 0 Å². The van der Waals surface area contributed by atoms with Gasteiger partial charge in [0.2, 0.25) is 0 Å². The number of amides is 1. The van der Waals surface area contributed by atoms with E-state index in [4.69, 9.17) is 4.74 Å². The largest absolute Gasteiger partial charge is 0.446 e. The predicted octanol–water partition coefficient (Wildman–Crippen LogP) is 0.768. The molecule has 0 atom stereocenters. The number of carbonyl (C=O) groups excluding carboxylic acids is 1. The fraction of sp³-hybridized carbons (Fsp3) is 0.909. The van der Waals surface area contributed by atoms with Crippen LogP contribution in [0.5, 0.6) is 0 Å². The number of nitrogens with one attached hydrogen (secondary N) is 1. The van der Waals surface area contributed by atoms with Crippen molar-refractivity contribution in [1.29, 1.82) is 0 Å². The zero-order chi connectivity index (χ0) is 15.2. The maximum absolute atomic E-state index is 12.1. The Bertz CT molecular complexity index is 416. The van der Waals surface area contributed by atoms with E-state index >= 15 is 0 Å². The van der Waals surface area contributed by atoms with Gasteiger partial charge in [-0.15, -0.1) is 0 Å². The first-order valence-electron chi connectivity index (χ1n) is 6.62. The fourth-order valence-electron chi connectivity index (χ4n) is 1.94. The van der Waals surface area contributed by atoms with E-state index in [-0.39, 0.29) is 6.10 Å². The molecule has 1 heterocycles. The van der Waals surface area contributed by atoms with E-state index in [0.717, 1.165) is 24.8 Å². The van der Waals surface area contributed by atoms with Gasteiger partial charge in [0.25, 0.3) is 0 Å². The summed E-state index contributed by atoms with van der Waals surface area (Å²) >= 11 is 3.37. The highest BCUT2D eigenvalue weighted by molar-refractivity contribution is 9.09. The van der Waals surface area contributed by atoms with Gasteiger partial charge in [-0.1, -0.05) is 15.9 Å². The molecule has 1 N–H and O–H groups in total. The lowest BCUT2D eigenvalue weighted by Crippen LogP contribution is -2.45. The van der Waals surface area contributed by atoms with Crippen molar-refractivity contribution < 1.29 is 17.9 Å². The van der Waals surface area contributed by atoms with Gasteiger partial charge < -0.3 is 9.64 Å². The molecule has 0 spiro atoms. The molecule has 1 rings (SSSR count). The van der Waals surface area contributed by atoms with Gasteiger partial charge in [-0.05, 0) is 26.8 Å². The average Bonchev–Trinajstić information content (AvgIpc) is 2.53. The Hall–Kier alpha value is -0.380. The van der Waals surface area contributed by atoms with Gasteiger partial charge in [-0.25, -0.2) is 9.52 Å². The van der Waals surface area contributed by atoms with Crippen molar-refractivity contribution in [3.8, 4) is 0 Å². The summed E-state index contributed by atoms with van der Waals surface area (Å²) in [6.45, 7) is 6.50. The molecule has 20 heavy (non-hydrogen) atoms. The van der Waals surface area contributed by atoms with Crippen LogP contribution in [0.3, 0.4) is 0 Å². The zero-order valence-electron chi connectivity index (χ0n) is 11.8. The van der Waals surface area contributed by atoms with Crippen molar-refractivity contribution in [3.05, 3.63) is 0 Å². The highest BCUT2D eigenvalue weighted by Crippen LogP contribution is 2.07. The van der Waals surface area contributed by atoms with Crippen LogP contribution in [0.4, 0.5) is 4.79 Å². The van der Waals surface area contributed by atoms with Gasteiger partial charge in [0.15, 0.2) is 0 Å². The van der Waals surface area contributed by atoms with Crippen LogP contribution in [0, 0.1) is 0 Å². The summed E-state index contributed by atoms with van der Waals surface area (Å²) in [4.78, 5) is 13.6. The summed E-state index contributed by atoms with van der Waals surface area (Å²) in [7, 11) is -3.82. The summed E-state index contributed by atoms with van der Waals surface area (Å²) in [5.41, 5.74) is 0. The normalized spacial score (nSPS) is 18.8. The first-order valence-corrected chi connectivity index (χ1v) is 9.18. The Labute approximate surface area is 128 Å². The van der Waals surface area contributed by atoms with Crippen LogP contribution in [-0.2, 0) is 14.9 Å². The van der Waals surface area contributed by atoms with E-state index in [1.165, 1.54) is 4.31 Å². The minimum absolute atomic E-state index is 0.358. The van der Waals surface area contributed by atoms with Gasteiger partial charge >= 0.3 is 16.3 Å². The van der Waals surface area contributed by atoms with Crippen molar-refractivity contribution in [2.75, 3.05) is 38.1 Å². The third-order valence-electron chi connectivity index (χ3n) is 2.84. The molecule has 0 radical (unpaired) electrons. The van der Waals surface area contributed by atoms with Crippen LogP contribution < -0.4 is 4.72 Å². The summed E-state index contributed by atoms with van der Waals surface area (Å²) in [6, 6.07) is 0. The Morgan fingerprint density at radius 1 is 1.30 bits per heavy atom. The summed E-state index contributed by atoms with van der Waals surface area (Å²) in [6.07, 6.45) is -0.544. The SMILES string of the molecule is CC(C)OC(=O)NS(=O)(=O)N1CCCN(CCBr)CC1. The minimum Gasteiger partial charge on any atom is -0.446 e. The smallest absolute Gasteiger partial charge is 0.422 e. The van der Waals surface area contributed by atoms with E-state index in [9.17, 15) is 13.2 Å². The number of carbonyl (C=O) groups is 1. The number of alkyl halides is 1. The van der Waals surface area contributed by atoms with Gasteiger partial charge in [0.1, 0.15) is 0 Å². The van der Waals surface area contributed by atoms with Crippen molar-refractivity contribution in [2.45, 2.75) is 26.4 Å². The lowest BCUT2D eigenvalue weighted by molar-refractivity contribution is 0.121. The number of ether oxygens (including phenoxy) is 1. The molecular formula is C11H22BrN3O4S. The van der Waals surface area contributed by atoms with E-state index in [1.807, 2.05) is 4.72 Å². The second kappa shape index (κ2) is 8.16. The molecule has 1 aliphatic rings. The van der Waals surface area contributed by atoms with Crippen LogP contribution in [0.15, 0.2) is 0 Å². The fourth-order valence-corrected chi connectivity index (χ4v) is 3.52. The highest BCUT2D eigenvalue weighted by Gasteiger charge is 2.27. The molecule has 1 aliphatic heterocycles. The maximum atomic E-state index is 12.1. The van der Waals surface area contributed by atoms with E-state index < -0.39 is 16.3 Å². The van der Waals surface area contributed by atoms with Crippen LogP contribution >= 0.6 is 15.9 Å². The van der Waals surface area contributed by atoms with Crippen molar-refractivity contribution in [1.82, 2.24) is 13.9 Å². The third-order valence-corrected chi connectivity index (χ3v) is 4.67. The van der Waals surface area contributed by atoms with E-state index in [2.05, 4.69) is 20.8 Å². The predicted molar refractivity (Wildman–Crippen MR) is 80.1 cm³/mol. The standard InChI is InChI=1S/C11H22BrN3O4S/c1-10(2)19-11(16)13-20(17,18)15-6-3-5-14(7-4-12)8-9-15/h10H,3-9H2,1-2H3,(H,13,16). The molecule has 0 aromatic carbocycles. The Morgan fingerprint density at radius 2 is 2.00 bits per heavy atom. The quantitative estimate of drug-likeness (QED) is 0.722. The Morgan fingerprint density at radius 3 is 2.60 bits per heavy atom. The molecule has 0 aliphatic carbocycles. The summed E-state index contributed by atoms with van der Waals surface area (Å²) in [5.74, 6) is 0. The van der Waals surface area contributed by atoms with Crippen molar-refractivity contribution >= 4 is 32.2 Å². The molecule has 0 saturated carbocycles. The monoisotopic (exact) mass is 371 g/mol. The molecule has 7 nitrogen and oxygen atoms in total. The maximum Gasteiger partial charge on any atom is 0.422 e. The first kappa shape index (κ1) is 17.7. The summed E-state index contributed by atoms with van der Waals surface area (Å²) < 4.78 is 32.2. The molecule has 1 amide bonds. The molecule has 1 saturated heterocycles. The molecule has 1 fully saturated rings. The number of halogens is 1. The summed E-state index contributed by atoms with van der Waals surface area (Å²) in [5, 5.41) is 0.860. The topological polar surface area (TPSA) is 78.9 Å². The lowest BCUT2D eigenvalue weighted by Gasteiger charge is -2.21. The Kier molecular flexibility index (Phi) is 7.21. The van der Waals surface area contributed by atoms with Crippen molar-refractivity contribution in [2.24, 2.45) is 0 Å². The highest BCUT2D eigenvalue weighted by atomic mass is 79.9. The van der Waals surface area contributed by atoms with E-state index in [0.29, 0.717) is 19.6 Å². The molecule has 118 valence electrons. The van der Waals surface area contributed by atoms with Gasteiger partial charge in [0, 0.05) is 31.5 Å². The van der Waals surface area contributed by atoms with Crippen molar-refractivity contribution in [3.63, 3.8) is 0 Å². The number of rotatable bonds is 5. The van der Waals surface area contributed by atoms with Crippen LogP contribution in [-0.4, -0.2) is 67.9 Å². The van der Waals surface area contributed by atoms with Gasteiger partial charge in [-0.3, -0.25) is 0 Å². The Balaban J connectivity index is 2.57. The second-order valence-corrected chi connectivity index (χ2v) is 7.31. The number of hydrogen-bond donors (Lipinski definition) is 1. The number of hydrogen-bond acceptors (Lipinski definition) is 5. The molecule has 0 aromatic rings. The molecule has 9 heteroatoms. The third kappa shape index (κ3) is 5.94. The van der Waals surface area contributed by atoms with Crippen LogP contribution in [0.1, 0.15) is 20.3 Å². The molecule has 0 unspecified atom stereocenters. The zero-order valence-corrected chi connectivity index (χ0v) is 14.2. The van der Waals surface area contributed by atoms with Crippen LogP contribution in [0.25, 0.3) is 0 Å². The minimum atomic E-state index is -3.82. The van der Waals surface area contributed by atoms with E-state index in [1.54, 1.807) is 13.8 Å². The van der Waals surface area contributed by atoms with Gasteiger partial charge in [-0.2, -0.15) is 12.7 Å². The molecular weight excluding hydrogens is 350 g/mol. The second-order valence-electron chi connectivity index (χ2n) is 4.84. The average molecular weight is 372 g/mol. The lowest BCUT2D eigenvalue weighted by atomic mass is 10.4. The van der Waals surface area contributed by atoms with Gasteiger partial charge in [0.05, 0.1) is 6.10 Å². The first-order chi connectivity index (χ1) is 9.35. The molecule has 0 bridgehead atoms. The number of nitrogens with zero attached hydrogens (tertiary/aromatic N) is 2.